The number of hydrogen-bond donors (Lipinski definition) is 1. The van der Waals surface area contributed by atoms with Crippen LogP contribution >= 0.6 is 0 Å². The summed E-state index contributed by atoms with van der Waals surface area (Å²) in [6.45, 7) is 4.25. The molecular weight excluding hydrogens is 224 g/mol. The number of benzene rings is 1. The van der Waals surface area contributed by atoms with Gasteiger partial charge in [-0.05, 0) is 31.4 Å². The van der Waals surface area contributed by atoms with E-state index < -0.39 is 0 Å². The molecule has 0 aromatic heterocycles. The van der Waals surface area contributed by atoms with Crippen LogP contribution in [0.25, 0.3) is 0 Å². The van der Waals surface area contributed by atoms with Crippen molar-refractivity contribution in [3.05, 3.63) is 29.8 Å². The number of likely N-dealkylation sites (N-methyl/N-ethyl adjacent to an activating group) is 1. The van der Waals surface area contributed by atoms with E-state index in [2.05, 4.69) is 24.8 Å². The van der Waals surface area contributed by atoms with Gasteiger partial charge in [0.2, 0.25) is 0 Å². The smallest absolute Gasteiger partial charge is 0.122 e. The highest BCUT2D eigenvalue weighted by molar-refractivity contribution is 5.79. The van der Waals surface area contributed by atoms with Gasteiger partial charge in [0.15, 0.2) is 0 Å². The number of methoxy groups -OCH3 is 1. The van der Waals surface area contributed by atoms with Crippen LogP contribution in [0, 0.1) is 5.41 Å². The van der Waals surface area contributed by atoms with E-state index in [4.69, 9.17) is 10.1 Å². The van der Waals surface area contributed by atoms with Crippen LogP contribution in [0.4, 0.5) is 0 Å². The van der Waals surface area contributed by atoms with E-state index in [1.54, 1.807) is 7.11 Å². The molecule has 0 radical (unpaired) electrons. The van der Waals surface area contributed by atoms with Crippen LogP contribution < -0.4 is 4.74 Å². The zero-order valence-corrected chi connectivity index (χ0v) is 11.9. The van der Waals surface area contributed by atoms with Gasteiger partial charge in [0.05, 0.1) is 12.9 Å². The summed E-state index contributed by atoms with van der Waals surface area (Å²) in [6.07, 6.45) is 2.75. The normalized spacial score (nSPS) is 12.0. The van der Waals surface area contributed by atoms with Gasteiger partial charge in [-0.2, -0.15) is 0 Å². The predicted octanol–water partition coefficient (Wildman–Crippen LogP) is 3.34. The lowest BCUT2D eigenvalue weighted by Gasteiger charge is -2.27. The highest BCUT2D eigenvalue weighted by Gasteiger charge is 2.14. The SMILES string of the molecule is CCCC(=N)N(C)C(C)Cc1ccccc1OC. The fourth-order valence-corrected chi connectivity index (χ4v) is 2.01. The number of nitrogens with zero attached hydrogens (tertiary/aromatic N) is 1. The van der Waals surface area contributed by atoms with Gasteiger partial charge in [-0.25, -0.2) is 0 Å². The second-order valence-corrected chi connectivity index (χ2v) is 4.67. The van der Waals surface area contributed by atoms with E-state index in [0.29, 0.717) is 11.9 Å². The van der Waals surface area contributed by atoms with Crippen molar-refractivity contribution >= 4 is 5.84 Å². The summed E-state index contributed by atoms with van der Waals surface area (Å²) >= 11 is 0. The Balaban J connectivity index is 2.69. The molecule has 1 N–H and O–H groups in total. The molecule has 0 saturated heterocycles. The molecule has 0 heterocycles. The third-order valence-corrected chi connectivity index (χ3v) is 3.28. The van der Waals surface area contributed by atoms with Crippen molar-refractivity contribution in [1.82, 2.24) is 4.90 Å². The summed E-state index contributed by atoms with van der Waals surface area (Å²) in [4.78, 5) is 2.05. The van der Waals surface area contributed by atoms with Gasteiger partial charge in [0.1, 0.15) is 5.75 Å². The fraction of sp³-hybridized carbons (Fsp3) is 0.533. The van der Waals surface area contributed by atoms with Gasteiger partial charge in [0.25, 0.3) is 0 Å². The van der Waals surface area contributed by atoms with Crippen molar-refractivity contribution in [2.24, 2.45) is 0 Å². The molecule has 1 aromatic carbocycles. The topological polar surface area (TPSA) is 36.3 Å². The van der Waals surface area contributed by atoms with E-state index in [-0.39, 0.29) is 0 Å². The number of hydrogen-bond acceptors (Lipinski definition) is 2. The summed E-state index contributed by atoms with van der Waals surface area (Å²) in [5.41, 5.74) is 1.20. The minimum Gasteiger partial charge on any atom is -0.496 e. The largest absolute Gasteiger partial charge is 0.496 e. The molecule has 0 saturated carbocycles. The second-order valence-electron chi connectivity index (χ2n) is 4.67. The summed E-state index contributed by atoms with van der Waals surface area (Å²) < 4.78 is 5.36. The van der Waals surface area contributed by atoms with E-state index in [1.807, 2.05) is 25.2 Å². The van der Waals surface area contributed by atoms with Gasteiger partial charge in [0, 0.05) is 19.5 Å². The molecule has 1 aromatic rings. The number of amidine groups is 1. The zero-order chi connectivity index (χ0) is 13.5. The first-order valence-electron chi connectivity index (χ1n) is 6.52. The molecule has 0 bridgehead atoms. The van der Waals surface area contributed by atoms with Crippen LogP contribution in [0.1, 0.15) is 32.3 Å². The quantitative estimate of drug-likeness (QED) is 0.619. The summed E-state index contributed by atoms with van der Waals surface area (Å²) in [5, 5.41) is 7.98. The molecule has 0 aliphatic heterocycles. The molecule has 0 aliphatic rings. The van der Waals surface area contributed by atoms with Crippen LogP contribution in [0.2, 0.25) is 0 Å². The molecule has 1 atom stereocenters. The van der Waals surface area contributed by atoms with Crippen LogP contribution in [-0.4, -0.2) is 30.9 Å². The van der Waals surface area contributed by atoms with Crippen molar-refractivity contribution in [3.63, 3.8) is 0 Å². The Morgan fingerprint density at radius 3 is 2.67 bits per heavy atom. The van der Waals surface area contributed by atoms with Crippen molar-refractivity contribution in [1.29, 1.82) is 5.41 Å². The number of rotatable bonds is 6. The van der Waals surface area contributed by atoms with Gasteiger partial charge in [-0.1, -0.05) is 25.1 Å². The first-order valence-corrected chi connectivity index (χ1v) is 6.52. The predicted molar refractivity (Wildman–Crippen MR) is 76.6 cm³/mol. The molecule has 3 heteroatoms. The van der Waals surface area contributed by atoms with Gasteiger partial charge < -0.3 is 9.64 Å². The number of nitrogens with one attached hydrogen (secondary N) is 1. The van der Waals surface area contributed by atoms with Crippen molar-refractivity contribution in [2.75, 3.05) is 14.2 Å². The van der Waals surface area contributed by atoms with E-state index in [0.717, 1.165) is 25.0 Å². The second kappa shape index (κ2) is 7.04. The molecule has 1 unspecified atom stereocenters. The maximum Gasteiger partial charge on any atom is 0.122 e. The Bertz CT molecular complexity index is 390. The standard InChI is InChI=1S/C15H24N2O/c1-5-8-15(16)17(3)12(2)11-13-9-6-7-10-14(13)18-4/h6-7,9-10,12,16H,5,8,11H2,1-4H3. The van der Waals surface area contributed by atoms with Crippen LogP contribution in [0.5, 0.6) is 5.75 Å². The first-order chi connectivity index (χ1) is 8.60. The Morgan fingerprint density at radius 2 is 2.06 bits per heavy atom. The zero-order valence-electron chi connectivity index (χ0n) is 11.9. The molecule has 0 amide bonds. The molecular formula is C15H24N2O. The third-order valence-electron chi connectivity index (χ3n) is 3.28. The average Bonchev–Trinajstić information content (AvgIpc) is 2.38. The minimum atomic E-state index is 0.306. The summed E-state index contributed by atoms with van der Waals surface area (Å²) in [6, 6.07) is 8.39. The Hall–Kier alpha value is -1.51. The maximum absolute atomic E-state index is 7.98. The van der Waals surface area contributed by atoms with Crippen LogP contribution in [-0.2, 0) is 6.42 Å². The number of ether oxygens (including phenoxy) is 1. The molecule has 3 nitrogen and oxygen atoms in total. The third kappa shape index (κ3) is 3.76. The summed E-state index contributed by atoms with van der Waals surface area (Å²) in [5.74, 6) is 1.64. The van der Waals surface area contributed by atoms with Gasteiger partial charge in [-0.3, -0.25) is 5.41 Å². The van der Waals surface area contributed by atoms with Crippen molar-refractivity contribution in [2.45, 2.75) is 39.2 Å². The highest BCUT2D eigenvalue weighted by atomic mass is 16.5. The maximum atomic E-state index is 7.98. The van der Waals surface area contributed by atoms with Crippen molar-refractivity contribution in [3.8, 4) is 5.75 Å². The van der Waals surface area contributed by atoms with E-state index in [1.165, 1.54) is 5.56 Å². The Kier molecular flexibility index (Phi) is 5.69. The van der Waals surface area contributed by atoms with Crippen LogP contribution in [0.3, 0.4) is 0 Å². The minimum absolute atomic E-state index is 0.306. The monoisotopic (exact) mass is 248 g/mol. The lowest BCUT2D eigenvalue weighted by Crippen LogP contribution is -2.35. The summed E-state index contributed by atoms with van der Waals surface area (Å²) in [7, 11) is 3.70. The molecule has 0 spiro atoms. The highest BCUT2D eigenvalue weighted by Crippen LogP contribution is 2.20. The fourth-order valence-electron chi connectivity index (χ4n) is 2.01. The molecule has 100 valence electrons. The molecule has 0 fully saturated rings. The lowest BCUT2D eigenvalue weighted by atomic mass is 10.0. The molecule has 1 rings (SSSR count). The average molecular weight is 248 g/mol. The van der Waals surface area contributed by atoms with Crippen LogP contribution in [0.15, 0.2) is 24.3 Å². The molecule has 18 heavy (non-hydrogen) atoms. The lowest BCUT2D eigenvalue weighted by molar-refractivity contribution is 0.366. The van der Waals surface area contributed by atoms with Gasteiger partial charge >= 0.3 is 0 Å². The molecule has 0 aliphatic carbocycles. The Labute approximate surface area is 110 Å². The first kappa shape index (κ1) is 14.6. The van der Waals surface area contributed by atoms with Crippen molar-refractivity contribution < 1.29 is 4.74 Å². The number of para-hydroxylation sites is 1. The van der Waals surface area contributed by atoms with Gasteiger partial charge in [-0.15, -0.1) is 0 Å². The van der Waals surface area contributed by atoms with E-state index in [9.17, 15) is 0 Å². The van der Waals surface area contributed by atoms with E-state index >= 15 is 0 Å². The Morgan fingerprint density at radius 1 is 1.39 bits per heavy atom.